The molecule has 1 aliphatic rings. The average molecular weight is 374 g/mol. The van der Waals surface area contributed by atoms with Crippen LogP contribution in [0.15, 0.2) is 65.2 Å². The lowest BCUT2D eigenvalue weighted by atomic mass is 10.3. The number of aromatic nitrogens is 1. The van der Waals surface area contributed by atoms with E-state index in [1.165, 1.54) is 24.3 Å². The molecule has 1 aromatic heterocycles. The smallest absolute Gasteiger partial charge is 0.269 e. The summed E-state index contributed by atoms with van der Waals surface area (Å²) < 4.78 is 24.7. The molecule has 1 saturated heterocycles. The molecule has 0 unspecified atom stereocenters. The van der Waals surface area contributed by atoms with E-state index in [4.69, 9.17) is 0 Å². The molecule has 0 amide bonds. The van der Waals surface area contributed by atoms with Crippen LogP contribution >= 0.6 is 0 Å². The van der Waals surface area contributed by atoms with Crippen LogP contribution in [-0.4, -0.2) is 49.4 Å². The summed E-state index contributed by atoms with van der Waals surface area (Å²) in [7, 11) is -3.64. The van der Waals surface area contributed by atoms with E-state index in [9.17, 15) is 18.5 Å². The quantitative estimate of drug-likeness (QED) is 0.584. The van der Waals surface area contributed by atoms with Gasteiger partial charge in [-0.15, -0.1) is 0 Å². The van der Waals surface area contributed by atoms with Gasteiger partial charge in [-0.25, -0.2) is 13.4 Å². The number of rotatable bonds is 5. The van der Waals surface area contributed by atoms with Gasteiger partial charge in [0.15, 0.2) is 0 Å². The fourth-order valence-electron chi connectivity index (χ4n) is 2.64. The van der Waals surface area contributed by atoms with Crippen molar-refractivity contribution in [1.82, 2.24) is 9.88 Å². The van der Waals surface area contributed by atoms with Crippen molar-refractivity contribution in [2.75, 3.05) is 31.1 Å². The molecule has 0 spiro atoms. The summed E-state index contributed by atoms with van der Waals surface area (Å²) in [6, 6.07) is 10.6. The predicted octanol–water partition coefficient (Wildman–Crippen LogP) is 2.06. The van der Waals surface area contributed by atoms with E-state index in [2.05, 4.69) is 9.88 Å². The highest BCUT2D eigenvalue weighted by molar-refractivity contribution is 7.94. The average Bonchev–Trinajstić information content (AvgIpc) is 2.67. The molecular formula is C17H18N4O4S. The van der Waals surface area contributed by atoms with Crippen molar-refractivity contribution in [2.24, 2.45) is 0 Å². The van der Waals surface area contributed by atoms with Crippen LogP contribution in [-0.2, 0) is 9.84 Å². The maximum absolute atomic E-state index is 12.3. The molecule has 136 valence electrons. The Balaban J connectivity index is 1.62. The van der Waals surface area contributed by atoms with Crippen molar-refractivity contribution < 1.29 is 13.3 Å². The van der Waals surface area contributed by atoms with Crippen molar-refractivity contribution in [3.63, 3.8) is 0 Å². The number of pyridine rings is 1. The standard InChI is InChI=1S/C17H18N4O4S/c22-21(23)15-4-6-16(7-5-15)26(24,25)14-13-19-9-11-20(12-10-19)17-3-1-2-8-18-17/h1-8,13-14H,9-12H2. The van der Waals surface area contributed by atoms with E-state index in [0.29, 0.717) is 13.1 Å². The number of hydrogen-bond donors (Lipinski definition) is 0. The lowest BCUT2D eigenvalue weighted by molar-refractivity contribution is -0.384. The molecular weight excluding hydrogens is 356 g/mol. The highest BCUT2D eigenvalue weighted by atomic mass is 32.2. The Labute approximate surface area is 151 Å². The largest absolute Gasteiger partial charge is 0.373 e. The predicted molar refractivity (Wildman–Crippen MR) is 97.4 cm³/mol. The third kappa shape index (κ3) is 4.17. The number of benzene rings is 1. The molecule has 1 aromatic carbocycles. The molecule has 0 N–H and O–H groups in total. The minimum atomic E-state index is -3.64. The number of anilines is 1. The zero-order valence-electron chi connectivity index (χ0n) is 13.9. The van der Waals surface area contributed by atoms with Gasteiger partial charge in [-0.05, 0) is 24.3 Å². The molecule has 0 aliphatic carbocycles. The second-order valence-electron chi connectivity index (χ2n) is 5.79. The van der Waals surface area contributed by atoms with Crippen molar-refractivity contribution >= 4 is 21.3 Å². The van der Waals surface area contributed by atoms with Gasteiger partial charge in [0.25, 0.3) is 5.69 Å². The van der Waals surface area contributed by atoms with Crippen molar-refractivity contribution in [1.29, 1.82) is 0 Å². The molecule has 2 aromatic rings. The van der Waals surface area contributed by atoms with Gasteiger partial charge in [0.05, 0.1) is 15.2 Å². The van der Waals surface area contributed by atoms with Crippen molar-refractivity contribution in [3.8, 4) is 0 Å². The second-order valence-corrected chi connectivity index (χ2v) is 7.63. The Kier molecular flexibility index (Phi) is 5.17. The Bertz CT molecular complexity index is 890. The number of nitro groups is 1. The number of hydrogen-bond acceptors (Lipinski definition) is 7. The summed E-state index contributed by atoms with van der Waals surface area (Å²) in [5.74, 6) is 0.912. The third-order valence-electron chi connectivity index (χ3n) is 4.11. The first-order valence-electron chi connectivity index (χ1n) is 8.03. The molecule has 0 atom stereocenters. The number of nitrogens with zero attached hydrogens (tertiary/aromatic N) is 4. The summed E-state index contributed by atoms with van der Waals surface area (Å²) in [5, 5.41) is 11.8. The lowest BCUT2D eigenvalue weighted by Gasteiger charge is -2.34. The molecule has 0 saturated carbocycles. The molecule has 0 radical (unpaired) electrons. The molecule has 9 heteroatoms. The molecule has 26 heavy (non-hydrogen) atoms. The molecule has 2 heterocycles. The highest BCUT2D eigenvalue weighted by Gasteiger charge is 2.17. The van der Waals surface area contributed by atoms with Gasteiger partial charge in [0.2, 0.25) is 9.84 Å². The summed E-state index contributed by atoms with van der Waals surface area (Å²) in [5.41, 5.74) is -0.140. The Morgan fingerprint density at radius 2 is 1.73 bits per heavy atom. The zero-order valence-corrected chi connectivity index (χ0v) is 14.7. The van der Waals surface area contributed by atoms with E-state index >= 15 is 0 Å². The second kappa shape index (κ2) is 7.52. The minimum absolute atomic E-state index is 0.0338. The first kappa shape index (κ1) is 17.9. The van der Waals surface area contributed by atoms with E-state index in [0.717, 1.165) is 24.3 Å². The van der Waals surface area contributed by atoms with Gasteiger partial charge < -0.3 is 9.80 Å². The minimum Gasteiger partial charge on any atom is -0.373 e. The molecule has 8 nitrogen and oxygen atoms in total. The van der Waals surface area contributed by atoms with Crippen LogP contribution in [0, 0.1) is 10.1 Å². The van der Waals surface area contributed by atoms with Gasteiger partial charge in [0, 0.05) is 50.7 Å². The first-order chi connectivity index (χ1) is 12.5. The van der Waals surface area contributed by atoms with Crippen molar-refractivity contribution in [2.45, 2.75) is 4.90 Å². The summed E-state index contributed by atoms with van der Waals surface area (Å²) >= 11 is 0. The highest BCUT2D eigenvalue weighted by Crippen LogP contribution is 2.18. The fraction of sp³-hybridized carbons (Fsp3) is 0.235. The van der Waals surface area contributed by atoms with Gasteiger partial charge >= 0.3 is 0 Å². The fourth-order valence-corrected chi connectivity index (χ4v) is 3.65. The van der Waals surface area contributed by atoms with Crippen LogP contribution in [0.5, 0.6) is 0 Å². The summed E-state index contributed by atoms with van der Waals surface area (Å²) in [4.78, 5) is 18.5. The number of non-ortho nitro benzene ring substituents is 1. The Morgan fingerprint density at radius 1 is 1.04 bits per heavy atom. The Hall–Kier alpha value is -2.94. The van der Waals surface area contributed by atoms with E-state index in [1.54, 1.807) is 12.4 Å². The van der Waals surface area contributed by atoms with Crippen LogP contribution < -0.4 is 4.90 Å². The van der Waals surface area contributed by atoms with Gasteiger partial charge in [-0.3, -0.25) is 10.1 Å². The first-order valence-corrected chi connectivity index (χ1v) is 9.58. The van der Waals surface area contributed by atoms with Crippen molar-refractivity contribution in [3.05, 3.63) is 70.4 Å². The van der Waals surface area contributed by atoms with Gasteiger partial charge in [0.1, 0.15) is 5.82 Å². The molecule has 0 bridgehead atoms. The lowest BCUT2D eigenvalue weighted by Crippen LogP contribution is -2.44. The maximum atomic E-state index is 12.3. The topological polar surface area (TPSA) is 96.6 Å². The molecule has 3 rings (SSSR count). The summed E-state index contributed by atoms with van der Waals surface area (Å²) in [6.45, 7) is 2.86. The monoisotopic (exact) mass is 374 g/mol. The van der Waals surface area contributed by atoms with Crippen LogP contribution in [0.1, 0.15) is 0 Å². The molecule has 1 aliphatic heterocycles. The van der Waals surface area contributed by atoms with Crippen LogP contribution in [0.25, 0.3) is 0 Å². The zero-order chi connectivity index (χ0) is 18.6. The van der Waals surface area contributed by atoms with Crippen LogP contribution in [0.2, 0.25) is 0 Å². The normalized spacial score (nSPS) is 15.4. The van der Waals surface area contributed by atoms with Crippen LogP contribution in [0.3, 0.4) is 0 Å². The van der Waals surface area contributed by atoms with Gasteiger partial charge in [-0.1, -0.05) is 6.07 Å². The SMILES string of the molecule is O=[N+]([O-])c1ccc(S(=O)(=O)C=CN2CCN(c3ccccn3)CC2)cc1. The van der Waals surface area contributed by atoms with E-state index in [1.807, 2.05) is 23.1 Å². The van der Waals surface area contributed by atoms with Gasteiger partial charge in [-0.2, -0.15) is 0 Å². The van der Waals surface area contributed by atoms with E-state index in [-0.39, 0.29) is 10.6 Å². The number of piperazine rings is 1. The number of nitro benzene ring substituents is 1. The maximum Gasteiger partial charge on any atom is 0.269 e. The van der Waals surface area contributed by atoms with E-state index < -0.39 is 14.8 Å². The number of sulfone groups is 1. The van der Waals surface area contributed by atoms with Crippen LogP contribution in [0.4, 0.5) is 11.5 Å². The third-order valence-corrected chi connectivity index (χ3v) is 5.52. The Morgan fingerprint density at radius 3 is 2.31 bits per heavy atom. The molecule has 1 fully saturated rings. The summed E-state index contributed by atoms with van der Waals surface area (Å²) in [6.07, 6.45) is 3.31.